The van der Waals surface area contributed by atoms with Crippen molar-refractivity contribution in [2.45, 2.75) is 72.6 Å². The average molecular weight is 370 g/mol. The zero-order valence-corrected chi connectivity index (χ0v) is 17.1. The molecule has 0 bridgehead atoms. The fourth-order valence-corrected chi connectivity index (χ4v) is 4.56. The summed E-state index contributed by atoms with van der Waals surface area (Å²) in [6.07, 6.45) is 12.1. The predicted molar refractivity (Wildman–Crippen MR) is 93.6 cm³/mol. The van der Waals surface area contributed by atoms with Gasteiger partial charge in [-0.05, 0) is 0 Å². The van der Waals surface area contributed by atoms with Crippen molar-refractivity contribution < 1.29 is 0 Å². The van der Waals surface area contributed by atoms with Gasteiger partial charge in [0.05, 0.1) is 0 Å². The molecule has 0 saturated heterocycles. The van der Waals surface area contributed by atoms with Gasteiger partial charge in [-0.2, -0.15) is 0 Å². The standard InChI is InChI=1S/C15H25.3CH3.Sn/c1-6-14(4)10-8-12-15(5)11-7-9-13(2)3;;;;/h6,9,12H,1,7-8,10-11H2,2-5H3;3*1H3;/b14-6-,15-12+;;;;/i1+1;;;;. The van der Waals surface area contributed by atoms with Crippen LogP contribution in [-0.4, -0.2) is 18.4 Å². The third kappa shape index (κ3) is 14.2. The van der Waals surface area contributed by atoms with E-state index in [9.17, 15) is 0 Å². The molecule has 0 nitrogen and oxygen atoms in total. The van der Waals surface area contributed by atoms with E-state index < -0.39 is 18.4 Å². The van der Waals surface area contributed by atoms with Crippen molar-refractivity contribution in [1.82, 2.24) is 0 Å². The molecule has 0 rings (SSSR count). The van der Waals surface area contributed by atoms with Gasteiger partial charge < -0.3 is 0 Å². The summed E-state index contributed by atoms with van der Waals surface area (Å²) in [6.45, 7) is 8.91. The van der Waals surface area contributed by atoms with Crippen LogP contribution in [-0.2, 0) is 0 Å². The van der Waals surface area contributed by atoms with E-state index in [0.717, 1.165) is 0 Å². The van der Waals surface area contributed by atoms with E-state index in [1.807, 2.05) is 0 Å². The maximum atomic E-state index is 2.51. The molecule has 0 radical (unpaired) electrons. The molecule has 0 saturated carbocycles. The summed E-state index contributed by atoms with van der Waals surface area (Å²) in [7, 11) is 0. The van der Waals surface area contributed by atoms with Gasteiger partial charge in [0.1, 0.15) is 0 Å². The molecule has 110 valence electrons. The third-order valence-electron chi connectivity index (χ3n) is 3.19. The molecule has 0 fully saturated rings. The first kappa shape index (κ1) is 19.0. The molecule has 0 aromatic rings. The summed E-state index contributed by atoms with van der Waals surface area (Å²) >= 11 is -1.58. The molecule has 0 spiro atoms. The van der Waals surface area contributed by atoms with Crippen LogP contribution in [0.15, 0.2) is 34.9 Å². The second kappa shape index (κ2) is 9.85. The minimum atomic E-state index is -1.58. The first-order chi connectivity index (χ1) is 8.70. The van der Waals surface area contributed by atoms with Crippen molar-refractivity contribution in [1.29, 1.82) is 0 Å². The zero-order valence-electron chi connectivity index (χ0n) is 14.3. The van der Waals surface area contributed by atoms with Gasteiger partial charge in [0.15, 0.2) is 0 Å². The van der Waals surface area contributed by atoms with Gasteiger partial charge in [-0.1, -0.05) is 0 Å². The molecule has 0 amide bonds. The van der Waals surface area contributed by atoms with Crippen molar-refractivity contribution in [2.24, 2.45) is 0 Å². The molecule has 19 heavy (non-hydrogen) atoms. The average Bonchev–Trinajstić information content (AvgIpc) is 2.25. The summed E-state index contributed by atoms with van der Waals surface area (Å²) < 4.78 is 1.39. The Morgan fingerprint density at radius 2 is 1.21 bits per heavy atom. The van der Waals surface area contributed by atoms with Gasteiger partial charge in [-0.15, -0.1) is 0 Å². The van der Waals surface area contributed by atoms with Crippen molar-refractivity contribution >= 4 is 18.4 Å². The summed E-state index contributed by atoms with van der Waals surface area (Å²) in [5.74, 6) is 0. The molecule has 0 aliphatic heterocycles. The first-order valence-corrected chi connectivity index (χ1v) is 18.2. The van der Waals surface area contributed by atoms with Gasteiger partial charge in [0.2, 0.25) is 0 Å². The Kier molecular flexibility index (Phi) is 9.86. The Morgan fingerprint density at radius 3 is 1.68 bits per heavy atom. The summed E-state index contributed by atoms with van der Waals surface area (Å²) in [5.41, 5.74) is 4.56. The quantitative estimate of drug-likeness (QED) is 0.252. The van der Waals surface area contributed by atoms with Crippen molar-refractivity contribution in [3.05, 3.63) is 34.9 Å². The van der Waals surface area contributed by atoms with Crippen LogP contribution in [0.5, 0.6) is 0 Å². The van der Waals surface area contributed by atoms with Crippen LogP contribution in [0.2, 0.25) is 19.3 Å². The Balaban J connectivity index is 3.96. The van der Waals surface area contributed by atoms with Crippen LogP contribution in [0.4, 0.5) is 0 Å². The molecule has 0 atom stereocenters. The second-order valence-electron chi connectivity index (χ2n) is 7.22. The van der Waals surface area contributed by atoms with Crippen LogP contribution >= 0.6 is 0 Å². The van der Waals surface area contributed by atoms with Gasteiger partial charge in [0, 0.05) is 0 Å². The topological polar surface area (TPSA) is 0 Å². The zero-order chi connectivity index (χ0) is 14.9. The van der Waals surface area contributed by atoms with E-state index in [4.69, 9.17) is 0 Å². The summed E-state index contributed by atoms with van der Waals surface area (Å²) in [6, 6.07) is 0. The number of hydrogen-bond donors (Lipinski definition) is 0. The van der Waals surface area contributed by atoms with Crippen LogP contribution in [0, 0.1) is 0 Å². The van der Waals surface area contributed by atoms with Crippen molar-refractivity contribution in [2.75, 3.05) is 0 Å². The number of rotatable bonds is 8. The fraction of sp³-hybridized carbons (Fsp3) is 0.667. The van der Waals surface area contributed by atoms with E-state index >= 15 is 0 Å². The normalized spacial score (nSPS) is 13.6. The van der Waals surface area contributed by atoms with Crippen molar-refractivity contribution in [3.8, 4) is 0 Å². The second-order valence-corrected chi connectivity index (χ2v) is 23.0. The molecule has 0 aromatic carbocycles. The van der Waals surface area contributed by atoms with E-state index in [2.05, 4.69) is 60.7 Å². The Bertz CT molecular complexity index is 333. The van der Waals surface area contributed by atoms with E-state index in [0.29, 0.717) is 0 Å². The van der Waals surface area contributed by atoms with Crippen molar-refractivity contribution in [3.63, 3.8) is 0 Å². The minimum absolute atomic E-state index is 1.19. The van der Waals surface area contributed by atoms with Gasteiger partial charge >= 0.3 is 126 Å². The van der Waals surface area contributed by atoms with Gasteiger partial charge in [0.25, 0.3) is 0 Å². The predicted octanol–water partition coefficient (Wildman–Crippen LogP) is 6.74. The molecule has 0 aliphatic rings. The number of allylic oxidation sites excluding steroid dienone is 6. The van der Waals surface area contributed by atoms with E-state index in [-0.39, 0.29) is 0 Å². The van der Waals surface area contributed by atoms with Crippen LogP contribution in [0.25, 0.3) is 0 Å². The van der Waals surface area contributed by atoms with E-state index in [1.165, 1.54) is 35.7 Å². The summed E-state index contributed by atoms with van der Waals surface area (Å²) in [4.78, 5) is 7.52. The summed E-state index contributed by atoms with van der Waals surface area (Å²) in [5, 5.41) is 0. The molecule has 0 N–H and O–H groups in total. The molecule has 1 heteroatoms. The maximum absolute atomic E-state index is 2.51. The Hall–Kier alpha value is 0.0187. The molecule has 0 unspecified atom stereocenters. The monoisotopic (exact) mass is 371 g/mol. The van der Waals surface area contributed by atoms with Crippen LogP contribution in [0.1, 0.15) is 53.4 Å². The number of hydrogen-bond acceptors (Lipinski definition) is 0. The Labute approximate surface area is 125 Å². The SMILES string of the molecule is CC(C)=CCC/C(C)=C/CC/C(C)=C\[13CH2][Sn]([CH3])([CH3])[CH3]. The Morgan fingerprint density at radius 1 is 0.737 bits per heavy atom. The first-order valence-electron chi connectivity index (χ1n) is 7.65. The molecule has 0 heterocycles. The fourth-order valence-electron chi connectivity index (χ4n) is 1.82. The molecular formula is C18H34Sn. The third-order valence-corrected chi connectivity index (χ3v) is 7.26. The van der Waals surface area contributed by atoms with Gasteiger partial charge in [-0.3, -0.25) is 0 Å². The van der Waals surface area contributed by atoms with E-state index in [1.54, 1.807) is 11.1 Å². The van der Waals surface area contributed by atoms with Gasteiger partial charge in [-0.25, -0.2) is 0 Å². The molecule has 0 aromatic heterocycles. The molecule has 0 aliphatic carbocycles. The van der Waals surface area contributed by atoms with Crippen LogP contribution < -0.4 is 0 Å². The van der Waals surface area contributed by atoms with Crippen LogP contribution in [0.3, 0.4) is 0 Å². The molecular weight excluding hydrogens is 336 g/mol.